The van der Waals surface area contributed by atoms with Gasteiger partial charge in [-0.1, -0.05) is 31.1 Å². The summed E-state index contributed by atoms with van der Waals surface area (Å²) in [5.74, 6) is 6.52. The molecule has 1 heterocycles. The zero-order valence-corrected chi connectivity index (χ0v) is 11.4. The smallest absolute Gasteiger partial charge is 0.0731 e. The average Bonchev–Trinajstić information content (AvgIpc) is 2.66. The highest BCUT2D eigenvalue weighted by molar-refractivity contribution is 8.14. The van der Waals surface area contributed by atoms with E-state index in [9.17, 15) is 0 Å². The predicted molar refractivity (Wildman–Crippen MR) is 77.3 cm³/mol. The minimum atomic E-state index is 0.124. The Kier molecular flexibility index (Phi) is 3.79. The van der Waals surface area contributed by atoms with Gasteiger partial charge < -0.3 is 0 Å². The van der Waals surface area contributed by atoms with Gasteiger partial charge in [-0.15, -0.1) is 24.3 Å². The minimum Gasteiger partial charge on any atom is -0.278 e. The molecule has 90 valence electrons. The van der Waals surface area contributed by atoms with Crippen LogP contribution >= 0.6 is 11.8 Å². The molecule has 17 heavy (non-hydrogen) atoms. The standard InChI is InChI=1S/C15H19NS/c1-4-10-15(3)11-8-6-5-7-9-13-14(15)16-12(2)17-13/h4,7,9,13-14H,1,5,10-11H2,2-3H3/b9-7-. The Morgan fingerprint density at radius 2 is 2.47 bits per heavy atom. The van der Waals surface area contributed by atoms with Crippen LogP contribution in [0.3, 0.4) is 0 Å². The van der Waals surface area contributed by atoms with Crippen LogP contribution in [0, 0.1) is 17.3 Å². The van der Waals surface area contributed by atoms with Gasteiger partial charge in [-0.05, 0) is 13.3 Å². The van der Waals surface area contributed by atoms with Crippen molar-refractivity contribution in [3.8, 4) is 11.8 Å². The zero-order valence-electron chi connectivity index (χ0n) is 10.6. The molecule has 3 atom stereocenters. The van der Waals surface area contributed by atoms with Gasteiger partial charge in [0.05, 0.1) is 16.3 Å². The monoisotopic (exact) mass is 245 g/mol. The summed E-state index contributed by atoms with van der Waals surface area (Å²) < 4.78 is 0. The number of nitrogens with zero attached hydrogens (tertiary/aromatic N) is 1. The third kappa shape index (κ3) is 2.66. The van der Waals surface area contributed by atoms with Crippen LogP contribution in [0.4, 0.5) is 0 Å². The number of hydrogen-bond acceptors (Lipinski definition) is 2. The quantitative estimate of drug-likeness (QED) is 0.532. The van der Waals surface area contributed by atoms with Crippen LogP contribution in [0.2, 0.25) is 0 Å². The van der Waals surface area contributed by atoms with Crippen LogP contribution in [-0.4, -0.2) is 16.3 Å². The minimum absolute atomic E-state index is 0.124. The van der Waals surface area contributed by atoms with Gasteiger partial charge in [0.25, 0.3) is 0 Å². The van der Waals surface area contributed by atoms with Crippen LogP contribution in [0.5, 0.6) is 0 Å². The predicted octanol–water partition coefficient (Wildman–Crippen LogP) is 3.82. The van der Waals surface area contributed by atoms with E-state index in [4.69, 9.17) is 4.99 Å². The van der Waals surface area contributed by atoms with E-state index in [2.05, 4.69) is 44.4 Å². The molecule has 0 amide bonds. The van der Waals surface area contributed by atoms with Gasteiger partial charge in [-0.25, -0.2) is 0 Å². The molecule has 1 nitrogen and oxygen atoms in total. The molecule has 1 aliphatic carbocycles. The molecule has 2 heteroatoms. The molecule has 0 saturated heterocycles. The molecule has 0 bridgehead atoms. The molecule has 2 aliphatic rings. The molecule has 1 aliphatic heterocycles. The lowest BCUT2D eigenvalue weighted by Gasteiger charge is -2.33. The molecule has 0 aromatic rings. The van der Waals surface area contributed by atoms with E-state index >= 15 is 0 Å². The fraction of sp³-hybridized carbons (Fsp3) is 0.533. The Morgan fingerprint density at radius 1 is 1.65 bits per heavy atom. The lowest BCUT2D eigenvalue weighted by molar-refractivity contribution is 0.273. The van der Waals surface area contributed by atoms with Crippen molar-refractivity contribution in [1.82, 2.24) is 0 Å². The number of hydrogen-bond donors (Lipinski definition) is 0. The topological polar surface area (TPSA) is 12.4 Å². The molecular weight excluding hydrogens is 226 g/mol. The third-order valence-corrected chi connectivity index (χ3v) is 4.56. The number of rotatable bonds is 2. The molecule has 0 N–H and O–H groups in total. The van der Waals surface area contributed by atoms with Crippen molar-refractivity contribution >= 4 is 16.8 Å². The Balaban J connectivity index is 2.34. The normalized spacial score (nSPS) is 37.6. The summed E-state index contributed by atoms with van der Waals surface area (Å²) in [7, 11) is 0. The second-order valence-corrected chi connectivity index (χ2v) is 6.36. The van der Waals surface area contributed by atoms with E-state index in [1.165, 1.54) is 5.04 Å². The van der Waals surface area contributed by atoms with E-state index in [-0.39, 0.29) is 5.41 Å². The highest BCUT2D eigenvalue weighted by Crippen LogP contribution is 2.43. The molecule has 0 saturated carbocycles. The first-order chi connectivity index (χ1) is 8.15. The Bertz CT molecular complexity index is 424. The summed E-state index contributed by atoms with van der Waals surface area (Å²) >= 11 is 1.88. The van der Waals surface area contributed by atoms with Gasteiger partial charge in [0.15, 0.2) is 0 Å². The first-order valence-electron chi connectivity index (χ1n) is 6.10. The summed E-state index contributed by atoms with van der Waals surface area (Å²) in [6.45, 7) is 8.29. The molecule has 0 fully saturated rings. The number of aliphatic imine (C=N–C) groups is 1. The van der Waals surface area contributed by atoms with Gasteiger partial charge in [0.2, 0.25) is 0 Å². The van der Waals surface area contributed by atoms with Crippen molar-refractivity contribution in [2.24, 2.45) is 10.4 Å². The maximum Gasteiger partial charge on any atom is 0.0731 e. The summed E-state index contributed by atoms with van der Waals surface area (Å²) in [6, 6.07) is 0.342. The molecule has 3 unspecified atom stereocenters. The fourth-order valence-corrected chi connectivity index (χ4v) is 3.76. The van der Waals surface area contributed by atoms with Crippen molar-refractivity contribution in [2.75, 3.05) is 0 Å². The van der Waals surface area contributed by atoms with E-state index in [0.717, 1.165) is 19.3 Å². The van der Waals surface area contributed by atoms with E-state index in [1.54, 1.807) is 0 Å². The van der Waals surface area contributed by atoms with Crippen LogP contribution in [0.1, 0.15) is 33.1 Å². The molecular formula is C15H19NS. The first-order valence-corrected chi connectivity index (χ1v) is 6.98. The van der Waals surface area contributed by atoms with Crippen molar-refractivity contribution in [1.29, 1.82) is 0 Å². The van der Waals surface area contributed by atoms with Crippen LogP contribution in [0.15, 0.2) is 29.8 Å². The second kappa shape index (κ2) is 5.14. The molecule has 0 aromatic heterocycles. The second-order valence-electron chi connectivity index (χ2n) is 4.98. The third-order valence-electron chi connectivity index (χ3n) is 3.43. The van der Waals surface area contributed by atoms with Crippen molar-refractivity contribution in [3.05, 3.63) is 24.8 Å². The summed E-state index contributed by atoms with van der Waals surface area (Å²) in [5, 5.41) is 1.68. The lowest BCUT2D eigenvalue weighted by Crippen LogP contribution is -2.35. The fourth-order valence-electron chi connectivity index (χ4n) is 2.48. The van der Waals surface area contributed by atoms with E-state index in [1.807, 2.05) is 17.8 Å². The first kappa shape index (κ1) is 12.5. The number of fused-ring (bicyclic) bond motifs is 1. The van der Waals surface area contributed by atoms with Crippen LogP contribution < -0.4 is 0 Å². The highest BCUT2D eigenvalue weighted by atomic mass is 32.2. The lowest BCUT2D eigenvalue weighted by atomic mass is 9.75. The highest BCUT2D eigenvalue weighted by Gasteiger charge is 2.40. The maximum absolute atomic E-state index is 4.84. The Labute approximate surface area is 108 Å². The maximum atomic E-state index is 4.84. The van der Waals surface area contributed by atoms with E-state index < -0.39 is 0 Å². The Hall–Kier alpha value is -0.940. The number of allylic oxidation sites excluding steroid dienone is 2. The van der Waals surface area contributed by atoms with Crippen molar-refractivity contribution < 1.29 is 0 Å². The van der Waals surface area contributed by atoms with Crippen LogP contribution in [-0.2, 0) is 0 Å². The van der Waals surface area contributed by atoms with Crippen molar-refractivity contribution in [2.45, 2.75) is 44.4 Å². The summed E-state index contributed by atoms with van der Waals surface area (Å²) in [4.78, 5) is 4.84. The van der Waals surface area contributed by atoms with Gasteiger partial charge in [0.1, 0.15) is 0 Å². The van der Waals surface area contributed by atoms with Gasteiger partial charge in [-0.2, -0.15) is 0 Å². The van der Waals surface area contributed by atoms with Gasteiger partial charge in [0, 0.05) is 18.3 Å². The Morgan fingerprint density at radius 3 is 3.24 bits per heavy atom. The average molecular weight is 245 g/mol. The van der Waals surface area contributed by atoms with Gasteiger partial charge in [-0.3, -0.25) is 4.99 Å². The summed E-state index contributed by atoms with van der Waals surface area (Å²) in [6.07, 6.45) is 9.25. The molecule has 2 rings (SSSR count). The van der Waals surface area contributed by atoms with E-state index in [0.29, 0.717) is 11.3 Å². The molecule has 0 aromatic carbocycles. The van der Waals surface area contributed by atoms with Gasteiger partial charge >= 0.3 is 0 Å². The zero-order chi connectivity index (χ0) is 12.3. The number of thioether (sulfide) groups is 1. The largest absolute Gasteiger partial charge is 0.278 e. The SMILES string of the molecule is C=CCC1(C)CC#CC/C=C\C2SC(C)=NC21. The molecule has 0 radical (unpaired) electrons. The molecule has 0 spiro atoms. The summed E-state index contributed by atoms with van der Waals surface area (Å²) in [5.41, 5.74) is 0.124. The van der Waals surface area contributed by atoms with Crippen LogP contribution in [0.25, 0.3) is 0 Å². The van der Waals surface area contributed by atoms with Crippen molar-refractivity contribution in [3.63, 3.8) is 0 Å².